The normalized spacial score (nSPS) is 16.9. The van der Waals surface area contributed by atoms with Gasteiger partial charge in [0, 0.05) is 6.54 Å². The van der Waals surface area contributed by atoms with Crippen molar-refractivity contribution in [2.75, 3.05) is 13.1 Å². The Hall–Kier alpha value is -3.30. The minimum atomic E-state index is -1.21. The molecule has 1 unspecified atom stereocenters. The summed E-state index contributed by atoms with van der Waals surface area (Å²) in [6.07, 6.45) is -0.763. The van der Waals surface area contributed by atoms with Crippen LogP contribution in [-0.2, 0) is 25.7 Å². The second-order valence-electron chi connectivity index (χ2n) is 8.17. The molecule has 0 aromatic heterocycles. The minimum absolute atomic E-state index is 0.0397. The summed E-state index contributed by atoms with van der Waals surface area (Å²) in [5, 5.41) is 14.2. The lowest BCUT2D eigenvalue weighted by molar-refractivity contribution is -0.148. The molecule has 10 heteroatoms. The van der Waals surface area contributed by atoms with Crippen LogP contribution in [0.3, 0.4) is 0 Å². The molecule has 1 aromatic carbocycles. The van der Waals surface area contributed by atoms with E-state index in [1.807, 2.05) is 18.2 Å². The molecule has 2 rings (SSSR count). The molecule has 0 spiro atoms. The van der Waals surface area contributed by atoms with Crippen molar-refractivity contribution < 1.29 is 33.8 Å². The van der Waals surface area contributed by atoms with Crippen LogP contribution in [0.25, 0.3) is 0 Å². The van der Waals surface area contributed by atoms with Crippen LogP contribution in [0.2, 0.25) is 0 Å². The van der Waals surface area contributed by atoms with E-state index in [4.69, 9.17) is 9.47 Å². The highest BCUT2D eigenvalue weighted by Gasteiger charge is 2.38. The van der Waals surface area contributed by atoms with Crippen LogP contribution in [0, 0.1) is 0 Å². The second-order valence-corrected chi connectivity index (χ2v) is 8.17. The third-order valence-electron chi connectivity index (χ3n) is 4.47. The zero-order valence-corrected chi connectivity index (χ0v) is 17.9. The Morgan fingerprint density at radius 3 is 2.45 bits per heavy atom. The van der Waals surface area contributed by atoms with E-state index in [1.165, 1.54) is 4.90 Å². The van der Waals surface area contributed by atoms with Gasteiger partial charge < -0.3 is 30.1 Å². The van der Waals surface area contributed by atoms with Gasteiger partial charge in [0.25, 0.3) is 0 Å². The number of hydrogen-bond donors (Lipinski definition) is 3. The molecule has 0 bridgehead atoms. The Kier molecular flexibility index (Phi) is 8.23. The zero-order chi connectivity index (χ0) is 23.0. The third-order valence-corrected chi connectivity index (χ3v) is 4.47. The van der Waals surface area contributed by atoms with Crippen LogP contribution >= 0.6 is 0 Å². The van der Waals surface area contributed by atoms with E-state index >= 15 is 0 Å². The van der Waals surface area contributed by atoms with Crippen molar-refractivity contribution in [1.82, 2.24) is 15.5 Å². The van der Waals surface area contributed by atoms with Crippen molar-refractivity contribution in [1.29, 1.82) is 0 Å². The molecule has 1 aliphatic heterocycles. The van der Waals surface area contributed by atoms with E-state index in [2.05, 4.69) is 10.6 Å². The largest absolute Gasteiger partial charge is 0.480 e. The predicted octanol–water partition coefficient (Wildman–Crippen LogP) is 1.88. The van der Waals surface area contributed by atoms with Gasteiger partial charge in [-0.3, -0.25) is 4.79 Å². The smallest absolute Gasteiger partial charge is 0.408 e. The SMILES string of the molecule is CC(C)(C)OC(=O)N[C@@H](CNC(=O)OCc1ccccc1)C(=O)N1CCCC1C(=O)O. The molecular weight excluding hydrogens is 406 g/mol. The second kappa shape index (κ2) is 10.6. The van der Waals surface area contributed by atoms with E-state index in [1.54, 1.807) is 32.9 Å². The first kappa shape index (κ1) is 24.0. The maximum Gasteiger partial charge on any atom is 0.408 e. The summed E-state index contributed by atoms with van der Waals surface area (Å²) in [5.74, 6) is -1.73. The Bertz CT molecular complexity index is 792. The molecule has 170 valence electrons. The fourth-order valence-electron chi connectivity index (χ4n) is 3.10. The van der Waals surface area contributed by atoms with Crippen LogP contribution in [0.4, 0.5) is 9.59 Å². The number of amides is 3. The van der Waals surface area contributed by atoms with Gasteiger partial charge in [-0.05, 0) is 39.2 Å². The molecule has 1 aromatic rings. The summed E-state index contributed by atoms with van der Waals surface area (Å²) in [6.45, 7) is 5.02. The number of nitrogens with zero attached hydrogens (tertiary/aromatic N) is 1. The highest BCUT2D eigenvalue weighted by atomic mass is 16.6. The van der Waals surface area contributed by atoms with Gasteiger partial charge in [0.05, 0.1) is 6.54 Å². The summed E-state index contributed by atoms with van der Waals surface area (Å²) >= 11 is 0. The molecule has 1 fully saturated rings. The molecule has 1 aliphatic rings. The molecule has 2 atom stereocenters. The Balaban J connectivity index is 2.00. The first-order chi connectivity index (χ1) is 14.6. The standard InChI is InChI=1S/C21H29N3O7/c1-21(2,3)31-20(29)23-15(17(25)24-11-7-10-16(24)18(26)27)12-22-19(28)30-13-14-8-5-4-6-9-14/h4-6,8-9,15-16H,7,10-13H2,1-3H3,(H,22,28)(H,23,29)(H,26,27)/t15-,16?/m0/s1. The van der Waals surface area contributed by atoms with Gasteiger partial charge in [0.15, 0.2) is 0 Å². The molecular formula is C21H29N3O7. The summed E-state index contributed by atoms with van der Waals surface area (Å²) < 4.78 is 10.3. The Morgan fingerprint density at radius 1 is 1.16 bits per heavy atom. The van der Waals surface area contributed by atoms with E-state index in [0.717, 1.165) is 5.56 Å². The maximum atomic E-state index is 13.0. The highest BCUT2D eigenvalue weighted by molar-refractivity contribution is 5.90. The average Bonchev–Trinajstić information content (AvgIpc) is 3.18. The lowest BCUT2D eigenvalue weighted by atomic mass is 10.2. The monoisotopic (exact) mass is 435 g/mol. The number of rotatable bonds is 7. The van der Waals surface area contributed by atoms with Crippen LogP contribution in [0.15, 0.2) is 30.3 Å². The summed E-state index contributed by atoms with van der Waals surface area (Å²) in [4.78, 5) is 49.8. The number of nitrogens with one attached hydrogen (secondary N) is 2. The summed E-state index contributed by atoms with van der Waals surface area (Å²) in [6, 6.07) is 6.87. The average molecular weight is 435 g/mol. The van der Waals surface area contributed by atoms with Crippen molar-refractivity contribution in [3.63, 3.8) is 0 Å². The van der Waals surface area contributed by atoms with Gasteiger partial charge in [0.2, 0.25) is 5.91 Å². The number of carboxylic acid groups (broad SMARTS) is 1. The molecule has 31 heavy (non-hydrogen) atoms. The van der Waals surface area contributed by atoms with Gasteiger partial charge in [-0.15, -0.1) is 0 Å². The van der Waals surface area contributed by atoms with Crippen molar-refractivity contribution in [3.8, 4) is 0 Å². The van der Waals surface area contributed by atoms with E-state index < -0.39 is 41.7 Å². The number of hydrogen-bond acceptors (Lipinski definition) is 6. The number of alkyl carbamates (subject to hydrolysis) is 2. The summed E-state index contributed by atoms with van der Waals surface area (Å²) in [5.41, 5.74) is -0.00438. The molecule has 10 nitrogen and oxygen atoms in total. The third kappa shape index (κ3) is 7.80. The number of carbonyl (C=O) groups excluding carboxylic acids is 3. The molecule has 0 saturated carbocycles. The van der Waals surface area contributed by atoms with Gasteiger partial charge in [-0.1, -0.05) is 30.3 Å². The van der Waals surface area contributed by atoms with E-state index in [9.17, 15) is 24.3 Å². The number of carbonyl (C=O) groups is 4. The van der Waals surface area contributed by atoms with Crippen LogP contribution in [0.1, 0.15) is 39.2 Å². The van der Waals surface area contributed by atoms with Crippen LogP contribution < -0.4 is 10.6 Å². The first-order valence-corrected chi connectivity index (χ1v) is 10.0. The van der Waals surface area contributed by atoms with Crippen molar-refractivity contribution in [2.24, 2.45) is 0 Å². The quantitative estimate of drug-likeness (QED) is 0.595. The number of benzene rings is 1. The van der Waals surface area contributed by atoms with Crippen LogP contribution in [-0.4, -0.2) is 64.8 Å². The van der Waals surface area contributed by atoms with Crippen molar-refractivity contribution in [2.45, 2.75) is 57.9 Å². The number of aliphatic carboxylic acids is 1. The van der Waals surface area contributed by atoms with Gasteiger partial charge in [-0.2, -0.15) is 0 Å². The van der Waals surface area contributed by atoms with Gasteiger partial charge in [-0.25, -0.2) is 14.4 Å². The minimum Gasteiger partial charge on any atom is -0.480 e. The summed E-state index contributed by atoms with van der Waals surface area (Å²) in [7, 11) is 0. The molecule has 0 aliphatic carbocycles. The molecule has 1 heterocycles. The number of likely N-dealkylation sites (tertiary alicyclic amines) is 1. The van der Waals surface area contributed by atoms with Crippen LogP contribution in [0.5, 0.6) is 0 Å². The van der Waals surface area contributed by atoms with E-state index in [-0.39, 0.29) is 19.7 Å². The van der Waals surface area contributed by atoms with Gasteiger partial charge >= 0.3 is 18.2 Å². The number of carboxylic acids is 1. The van der Waals surface area contributed by atoms with Crippen molar-refractivity contribution >= 4 is 24.1 Å². The lowest BCUT2D eigenvalue weighted by Crippen LogP contribution is -2.56. The molecule has 0 radical (unpaired) electrons. The number of ether oxygens (including phenoxy) is 2. The Morgan fingerprint density at radius 2 is 1.84 bits per heavy atom. The van der Waals surface area contributed by atoms with Crippen molar-refractivity contribution in [3.05, 3.63) is 35.9 Å². The first-order valence-electron chi connectivity index (χ1n) is 10.0. The predicted molar refractivity (Wildman–Crippen MR) is 110 cm³/mol. The lowest BCUT2D eigenvalue weighted by Gasteiger charge is -2.28. The topological polar surface area (TPSA) is 134 Å². The zero-order valence-electron chi connectivity index (χ0n) is 17.9. The highest BCUT2D eigenvalue weighted by Crippen LogP contribution is 2.18. The fourth-order valence-corrected chi connectivity index (χ4v) is 3.10. The molecule has 3 N–H and O–H groups in total. The Labute approximate surface area is 180 Å². The van der Waals surface area contributed by atoms with Gasteiger partial charge in [0.1, 0.15) is 24.3 Å². The maximum absolute atomic E-state index is 13.0. The fraction of sp³-hybridized carbons (Fsp3) is 0.524. The van der Waals surface area contributed by atoms with E-state index in [0.29, 0.717) is 12.8 Å². The molecule has 1 saturated heterocycles. The molecule has 3 amide bonds.